The zero-order valence-corrected chi connectivity index (χ0v) is 14.5. The van der Waals surface area contributed by atoms with Gasteiger partial charge >= 0.3 is 5.97 Å². The van der Waals surface area contributed by atoms with Gasteiger partial charge in [-0.15, -0.1) is 0 Å². The molecular weight excluding hydrogens is 364 g/mol. The molecule has 0 aromatic heterocycles. The molecule has 0 fully saturated rings. The molecule has 0 saturated heterocycles. The number of nitrogens with zero attached hydrogens (tertiary/aromatic N) is 2. The third kappa shape index (κ3) is 2.80. The molecule has 11 heteroatoms. The minimum atomic E-state index is -4.23. The summed E-state index contributed by atoms with van der Waals surface area (Å²) in [6.07, 6.45) is 0. The van der Waals surface area contributed by atoms with Crippen LogP contribution in [0.3, 0.4) is 0 Å². The van der Waals surface area contributed by atoms with Gasteiger partial charge in [-0.25, -0.2) is 18.4 Å². The van der Waals surface area contributed by atoms with Crippen LogP contribution in [0.15, 0.2) is 29.2 Å². The van der Waals surface area contributed by atoms with Crippen LogP contribution in [0, 0.1) is 10.1 Å². The van der Waals surface area contributed by atoms with Gasteiger partial charge < -0.3 is 15.3 Å². The topological polar surface area (TPSA) is 156 Å². The highest BCUT2D eigenvalue weighted by Gasteiger charge is 2.32. The van der Waals surface area contributed by atoms with E-state index in [2.05, 4.69) is 5.32 Å². The Bertz CT molecular complexity index is 1040. The van der Waals surface area contributed by atoms with E-state index < -0.39 is 32.6 Å². The molecule has 1 heterocycles. The molecule has 0 amide bonds. The van der Waals surface area contributed by atoms with Gasteiger partial charge in [-0.2, -0.15) is 0 Å². The van der Waals surface area contributed by atoms with Crippen molar-refractivity contribution in [2.75, 3.05) is 23.3 Å². The number of benzene rings is 2. The molecule has 0 aliphatic carbocycles. The largest absolute Gasteiger partial charge is 0.480 e. The average molecular weight is 380 g/mol. The van der Waals surface area contributed by atoms with Crippen molar-refractivity contribution in [3.63, 3.8) is 0 Å². The Hall–Kier alpha value is -2.92. The first-order chi connectivity index (χ1) is 12.1. The molecule has 2 aromatic carbocycles. The van der Waals surface area contributed by atoms with E-state index in [0.717, 1.165) is 0 Å². The maximum atomic E-state index is 11.9. The van der Waals surface area contributed by atoms with Crippen molar-refractivity contribution in [1.29, 1.82) is 0 Å². The summed E-state index contributed by atoms with van der Waals surface area (Å²) in [5.74, 6) is -1.06. The third-order valence-electron chi connectivity index (χ3n) is 4.36. The zero-order valence-electron chi connectivity index (χ0n) is 13.7. The molecule has 138 valence electrons. The van der Waals surface area contributed by atoms with Gasteiger partial charge in [-0.05, 0) is 13.0 Å². The summed E-state index contributed by atoms with van der Waals surface area (Å²) in [5.41, 5.74) is 0.355. The molecule has 1 aliphatic heterocycles. The number of anilines is 2. The maximum Gasteiger partial charge on any atom is 0.326 e. The Labute approximate surface area is 148 Å². The second kappa shape index (κ2) is 6.11. The summed E-state index contributed by atoms with van der Waals surface area (Å²) in [6, 6.07) is 4.44. The summed E-state index contributed by atoms with van der Waals surface area (Å²) in [7, 11) is -4.23. The highest BCUT2D eigenvalue weighted by molar-refractivity contribution is 7.89. The summed E-state index contributed by atoms with van der Waals surface area (Å²) < 4.78 is 23.9. The van der Waals surface area contributed by atoms with Crippen molar-refractivity contribution in [3.8, 4) is 0 Å². The molecule has 0 spiro atoms. The molecule has 1 atom stereocenters. The Balaban J connectivity index is 2.46. The number of nitrogens with two attached hydrogens (primary N) is 1. The van der Waals surface area contributed by atoms with Crippen LogP contribution in [-0.4, -0.2) is 43.5 Å². The Morgan fingerprint density at radius 3 is 2.73 bits per heavy atom. The fourth-order valence-electron chi connectivity index (χ4n) is 3.18. The van der Waals surface area contributed by atoms with Crippen LogP contribution in [0.2, 0.25) is 0 Å². The van der Waals surface area contributed by atoms with E-state index >= 15 is 0 Å². The smallest absolute Gasteiger partial charge is 0.326 e. The lowest BCUT2D eigenvalue weighted by molar-refractivity contribution is -0.383. The van der Waals surface area contributed by atoms with E-state index in [-0.39, 0.29) is 15.7 Å². The molecule has 26 heavy (non-hydrogen) atoms. The van der Waals surface area contributed by atoms with Gasteiger partial charge in [0.2, 0.25) is 10.0 Å². The van der Waals surface area contributed by atoms with Crippen molar-refractivity contribution >= 4 is 43.8 Å². The predicted molar refractivity (Wildman–Crippen MR) is 94.9 cm³/mol. The predicted octanol–water partition coefficient (Wildman–Crippen LogP) is 1.10. The van der Waals surface area contributed by atoms with Crippen LogP contribution in [0.25, 0.3) is 10.8 Å². The molecule has 1 aliphatic rings. The SMILES string of the molecule is CC(C(=O)O)N1CCNc2cc([N+](=O)[O-])c3c(S(N)(=O)=O)cccc3c21. The first-order valence-corrected chi connectivity index (χ1v) is 9.17. The summed E-state index contributed by atoms with van der Waals surface area (Å²) >= 11 is 0. The summed E-state index contributed by atoms with van der Waals surface area (Å²) in [4.78, 5) is 23.5. The quantitative estimate of drug-likeness (QED) is 0.526. The van der Waals surface area contributed by atoms with Gasteiger partial charge in [0.05, 0.1) is 26.6 Å². The van der Waals surface area contributed by atoms with Crippen molar-refractivity contribution < 1.29 is 23.2 Å². The van der Waals surface area contributed by atoms with Crippen LogP contribution in [0.1, 0.15) is 6.92 Å². The van der Waals surface area contributed by atoms with Gasteiger partial charge in [0.25, 0.3) is 5.69 Å². The number of nitro benzene ring substituents is 1. The number of aliphatic carboxylic acids is 1. The molecule has 0 radical (unpaired) electrons. The average Bonchev–Trinajstić information content (AvgIpc) is 2.58. The van der Waals surface area contributed by atoms with Gasteiger partial charge in [-0.1, -0.05) is 12.1 Å². The van der Waals surface area contributed by atoms with Gasteiger partial charge in [0, 0.05) is 24.5 Å². The number of hydrogen-bond donors (Lipinski definition) is 3. The van der Waals surface area contributed by atoms with Crippen LogP contribution in [-0.2, 0) is 14.8 Å². The van der Waals surface area contributed by atoms with Crippen LogP contribution < -0.4 is 15.4 Å². The molecular formula is C15H16N4O6S. The second-order valence-corrected chi connectivity index (χ2v) is 7.44. The van der Waals surface area contributed by atoms with E-state index in [0.29, 0.717) is 24.5 Å². The number of fused-ring (bicyclic) bond motifs is 3. The number of rotatable bonds is 4. The fourth-order valence-corrected chi connectivity index (χ4v) is 3.95. The Morgan fingerprint density at radius 1 is 1.46 bits per heavy atom. The third-order valence-corrected chi connectivity index (χ3v) is 5.31. The number of hydrogen-bond acceptors (Lipinski definition) is 7. The number of carbonyl (C=O) groups is 1. The lowest BCUT2D eigenvalue weighted by atomic mass is 10.0. The zero-order chi connectivity index (χ0) is 19.2. The monoisotopic (exact) mass is 380 g/mol. The molecule has 1 unspecified atom stereocenters. The minimum absolute atomic E-state index is 0.134. The summed E-state index contributed by atoms with van der Waals surface area (Å²) in [5, 5.41) is 29.3. The maximum absolute atomic E-state index is 11.9. The molecule has 3 rings (SSSR count). The normalized spacial score (nSPS) is 15.2. The van der Waals surface area contributed by atoms with Gasteiger partial charge in [0.15, 0.2) is 0 Å². The highest BCUT2D eigenvalue weighted by Crippen LogP contribution is 2.44. The minimum Gasteiger partial charge on any atom is -0.480 e. The van der Waals surface area contributed by atoms with E-state index in [1.165, 1.54) is 31.2 Å². The molecule has 0 saturated carbocycles. The van der Waals surface area contributed by atoms with Gasteiger partial charge in [-0.3, -0.25) is 10.1 Å². The number of carboxylic acids is 1. The first-order valence-electron chi connectivity index (χ1n) is 7.63. The first kappa shape index (κ1) is 17.9. The van der Waals surface area contributed by atoms with E-state index in [4.69, 9.17) is 5.14 Å². The number of carboxylic acid groups (broad SMARTS) is 1. The van der Waals surface area contributed by atoms with Crippen LogP contribution in [0.5, 0.6) is 0 Å². The summed E-state index contributed by atoms with van der Waals surface area (Å²) in [6.45, 7) is 2.23. The number of primary sulfonamides is 1. The van der Waals surface area contributed by atoms with Crippen molar-refractivity contribution in [2.45, 2.75) is 17.9 Å². The van der Waals surface area contributed by atoms with Gasteiger partial charge in [0.1, 0.15) is 6.04 Å². The van der Waals surface area contributed by atoms with Crippen LogP contribution in [0.4, 0.5) is 17.1 Å². The number of sulfonamides is 1. The second-order valence-electron chi connectivity index (χ2n) is 5.91. The van der Waals surface area contributed by atoms with Crippen molar-refractivity contribution in [2.24, 2.45) is 5.14 Å². The number of non-ortho nitro benzene ring substituents is 1. The molecule has 4 N–H and O–H groups in total. The number of nitrogens with one attached hydrogen (secondary N) is 1. The Kier molecular flexibility index (Phi) is 4.20. The van der Waals surface area contributed by atoms with E-state index in [9.17, 15) is 28.4 Å². The van der Waals surface area contributed by atoms with Crippen molar-refractivity contribution in [1.82, 2.24) is 0 Å². The van der Waals surface area contributed by atoms with Crippen LogP contribution >= 0.6 is 0 Å². The van der Waals surface area contributed by atoms with E-state index in [1.807, 2.05) is 0 Å². The van der Waals surface area contributed by atoms with Crippen molar-refractivity contribution in [3.05, 3.63) is 34.4 Å². The molecule has 2 aromatic rings. The van der Waals surface area contributed by atoms with E-state index in [1.54, 1.807) is 4.90 Å². The Morgan fingerprint density at radius 2 is 2.15 bits per heavy atom. The molecule has 10 nitrogen and oxygen atoms in total. The lowest BCUT2D eigenvalue weighted by Crippen LogP contribution is -2.44. The highest BCUT2D eigenvalue weighted by atomic mass is 32.2. The standard InChI is InChI=1S/C15H16N4O6S/c1-8(15(20)21)18-6-5-17-10-7-11(19(22)23)13-9(14(10)18)3-2-4-12(13)26(16,24)25/h2-4,7-8,17H,5-6H2,1H3,(H,20,21)(H2,16,24,25). The number of nitro groups is 1. The fraction of sp³-hybridized carbons (Fsp3) is 0.267. The lowest BCUT2D eigenvalue weighted by Gasteiger charge is -2.35. The molecule has 0 bridgehead atoms.